The van der Waals surface area contributed by atoms with Crippen molar-refractivity contribution in [1.29, 1.82) is 0 Å². The molecule has 5 heteroatoms. The van der Waals surface area contributed by atoms with E-state index in [1.165, 1.54) is 19.3 Å². The van der Waals surface area contributed by atoms with Gasteiger partial charge in [-0.2, -0.15) is 0 Å². The molecular formula is C17H29O4P. The molecule has 1 aromatic carbocycles. The minimum absolute atomic E-state index is 0.650. The molecule has 0 aliphatic carbocycles. The Morgan fingerprint density at radius 3 is 2.18 bits per heavy atom. The second-order valence-corrected chi connectivity index (χ2v) is 6.24. The predicted octanol–water partition coefficient (Wildman–Crippen LogP) is 5.06. The van der Waals surface area contributed by atoms with E-state index in [-0.39, 0.29) is 0 Å². The van der Waals surface area contributed by atoms with Gasteiger partial charge in [0.05, 0.1) is 6.61 Å². The molecule has 0 saturated carbocycles. The van der Waals surface area contributed by atoms with Crippen molar-refractivity contribution in [1.82, 2.24) is 0 Å². The fourth-order valence-corrected chi connectivity index (χ4v) is 3.34. The Labute approximate surface area is 134 Å². The summed E-state index contributed by atoms with van der Waals surface area (Å²) < 4.78 is 22.2. The number of hydrogen-bond acceptors (Lipinski definition) is 3. The van der Waals surface area contributed by atoms with Crippen LogP contribution in [0.4, 0.5) is 0 Å². The Bertz CT molecular complexity index is 440. The van der Waals surface area contributed by atoms with Crippen molar-refractivity contribution >= 4 is 8.25 Å². The summed E-state index contributed by atoms with van der Waals surface area (Å²) in [5.41, 5.74) is 0.230. The molecule has 0 fully saturated rings. The van der Waals surface area contributed by atoms with Gasteiger partial charge in [0.15, 0.2) is 0 Å². The van der Waals surface area contributed by atoms with Gasteiger partial charge in [-0.1, -0.05) is 52.2 Å². The van der Waals surface area contributed by atoms with Gasteiger partial charge in [-0.25, -0.2) is 0 Å². The van der Waals surface area contributed by atoms with Crippen LogP contribution < -0.4 is 4.74 Å². The van der Waals surface area contributed by atoms with Crippen LogP contribution in [0.15, 0.2) is 24.3 Å². The highest BCUT2D eigenvalue weighted by molar-refractivity contribution is 7.32. The van der Waals surface area contributed by atoms with Gasteiger partial charge >= 0.3 is 8.25 Å². The number of hydrogen-bond donors (Lipinski definition) is 1. The molecule has 0 radical (unpaired) electrons. The molecule has 1 aromatic rings. The van der Waals surface area contributed by atoms with Crippen molar-refractivity contribution in [2.45, 2.75) is 64.9 Å². The summed E-state index contributed by atoms with van der Waals surface area (Å²) in [6.07, 6.45) is 6.03. The molecule has 0 amide bonds. The molecule has 22 heavy (non-hydrogen) atoms. The third kappa shape index (κ3) is 5.75. The highest BCUT2D eigenvalue weighted by Crippen LogP contribution is 2.40. The maximum atomic E-state index is 11.1. The summed E-state index contributed by atoms with van der Waals surface area (Å²) in [6, 6.07) is 7.68. The van der Waals surface area contributed by atoms with Gasteiger partial charge in [-0.3, -0.25) is 9.09 Å². The molecule has 126 valence electrons. The SMILES string of the molecule is CCCCCCOc1ccc(C(CC)(CC)O[PH](=O)O)cc1. The standard InChI is InChI=1S/C17H29O4P/c1-4-7-8-9-14-20-16-12-10-15(11-13-16)17(5-2,6-3)21-22(18)19/h10-13,22H,4-9,14H2,1-3H3,(H,18,19). The highest BCUT2D eigenvalue weighted by Gasteiger charge is 2.31. The van der Waals surface area contributed by atoms with Crippen molar-refractivity contribution in [3.05, 3.63) is 29.8 Å². The zero-order valence-electron chi connectivity index (χ0n) is 13.9. The lowest BCUT2D eigenvalue weighted by Crippen LogP contribution is -2.25. The van der Waals surface area contributed by atoms with E-state index in [0.29, 0.717) is 12.8 Å². The number of unbranched alkanes of at least 4 members (excludes halogenated alkanes) is 3. The molecule has 4 nitrogen and oxygen atoms in total. The number of benzene rings is 1. The summed E-state index contributed by atoms with van der Waals surface area (Å²) >= 11 is 0. The molecule has 1 rings (SSSR count). The van der Waals surface area contributed by atoms with E-state index in [1.807, 2.05) is 38.1 Å². The molecule has 0 aliphatic rings. The lowest BCUT2D eigenvalue weighted by molar-refractivity contribution is 0.0535. The average molecular weight is 328 g/mol. The minimum atomic E-state index is -2.98. The maximum Gasteiger partial charge on any atom is 0.317 e. The van der Waals surface area contributed by atoms with Crippen LogP contribution >= 0.6 is 8.25 Å². The third-order valence-corrected chi connectivity index (χ3v) is 4.64. The second kappa shape index (κ2) is 10.0. The van der Waals surface area contributed by atoms with Gasteiger partial charge in [0.25, 0.3) is 0 Å². The fraction of sp³-hybridized carbons (Fsp3) is 0.647. The quantitative estimate of drug-likeness (QED) is 0.456. The average Bonchev–Trinajstić information content (AvgIpc) is 2.53. The summed E-state index contributed by atoms with van der Waals surface area (Å²) in [5.74, 6) is 0.831. The van der Waals surface area contributed by atoms with E-state index in [1.54, 1.807) is 0 Å². The first-order chi connectivity index (χ1) is 10.6. The van der Waals surface area contributed by atoms with Crippen molar-refractivity contribution in [3.8, 4) is 5.75 Å². The van der Waals surface area contributed by atoms with Crippen LogP contribution in [-0.4, -0.2) is 11.5 Å². The molecule has 0 bridgehead atoms. The Morgan fingerprint density at radius 1 is 1.05 bits per heavy atom. The van der Waals surface area contributed by atoms with Crippen LogP contribution in [0.3, 0.4) is 0 Å². The van der Waals surface area contributed by atoms with Crippen LogP contribution in [-0.2, 0) is 14.7 Å². The van der Waals surface area contributed by atoms with E-state index in [4.69, 9.17) is 14.2 Å². The summed E-state index contributed by atoms with van der Waals surface area (Å²) in [7, 11) is -2.98. The van der Waals surface area contributed by atoms with Gasteiger partial charge in [0, 0.05) is 0 Å². The van der Waals surface area contributed by atoms with E-state index >= 15 is 0 Å². The smallest absolute Gasteiger partial charge is 0.317 e. The molecule has 1 atom stereocenters. The predicted molar refractivity (Wildman–Crippen MR) is 90.6 cm³/mol. The van der Waals surface area contributed by atoms with Gasteiger partial charge in [-0.15, -0.1) is 0 Å². The van der Waals surface area contributed by atoms with Gasteiger partial charge in [0.2, 0.25) is 0 Å². The minimum Gasteiger partial charge on any atom is -0.494 e. The van der Waals surface area contributed by atoms with E-state index in [9.17, 15) is 4.57 Å². The molecule has 0 aromatic heterocycles. The van der Waals surface area contributed by atoms with Gasteiger partial charge in [0.1, 0.15) is 11.4 Å². The summed E-state index contributed by atoms with van der Waals surface area (Å²) in [4.78, 5) is 9.15. The van der Waals surface area contributed by atoms with Crippen LogP contribution in [0.1, 0.15) is 64.9 Å². The molecular weight excluding hydrogens is 299 g/mol. The fourth-order valence-electron chi connectivity index (χ4n) is 2.60. The van der Waals surface area contributed by atoms with Gasteiger partial charge < -0.3 is 9.63 Å². The Hall–Kier alpha value is -0.830. The first-order valence-electron chi connectivity index (χ1n) is 8.23. The van der Waals surface area contributed by atoms with E-state index < -0.39 is 13.9 Å². The zero-order chi connectivity index (χ0) is 16.4. The Morgan fingerprint density at radius 2 is 1.68 bits per heavy atom. The van der Waals surface area contributed by atoms with Gasteiger partial charge in [-0.05, 0) is 37.0 Å². The molecule has 1 unspecified atom stereocenters. The molecule has 0 heterocycles. The highest BCUT2D eigenvalue weighted by atomic mass is 31.1. The topological polar surface area (TPSA) is 55.8 Å². The van der Waals surface area contributed by atoms with Crippen molar-refractivity contribution in [3.63, 3.8) is 0 Å². The van der Waals surface area contributed by atoms with Crippen LogP contribution in [0, 0.1) is 0 Å². The van der Waals surface area contributed by atoms with E-state index in [0.717, 1.165) is 24.3 Å². The lowest BCUT2D eigenvalue weighted by atomic mass is 9.89. The number of rotatable bonds is 11. The van der Waals surface area contributed by atoms with Crippen LogP contribution in [0.2, 0.25) is 0 Å². The van der Waals surface area contributed by atoms with Crippen molar-refractivity contribution < 1.29 is 18.7 Å². The largest absolute Gasteiger partial charge is 0.494 e. The number of ether oxygens (including phenoxy) is 1. The Balaban J connectivity index is 2.67. The molecule has 0 aliphatic heterocycles. The van der Waals surface area contributed by atoms with Crippen LogP contribution in [0.5, 0.6) is 5.75 Å². The molecule has 0 spiro atoms. The van der Waals surface area contributed by atoms with Crippen molar-refractivity contribution in [2.24, 2.45) is 0 Å². The third-order valence-electron chi connectivity index (χ3n) is 4.07. The lowest BCUT2D eigenvalue weighted by Gasteiger charge is -2.31. The maximum absolute atomic E-state index is 11.1. The molecule has 1 N–H and O–H groups in total. The summed E-state index contributed by atoms with van der Waals surface area (Å²) in [6.45, 7) is 6.85. The monoisotopic (exact) mass is 328 g/mol. The second-order valence-electron chi connectivity index (χ2n) is 5.50. The van der Waals surface area contributed by atoms with Crippen LogP contribution in [0.25, 0.3) is 0 Å². The molecule has 0 saturated heterocycles. The summed E-state index contributed by atoms with van der Waals surface area (Å²) in [5, 5.41) is 0. The normalized spacial score (nSPS) is 13.1. The zero-order valence-corrected chi connectivity index (χ0v) is 14.9. The van der Waals surface area contributed by atoms with E-state index in [2.05, 4.69) is 6.92 Å². The van der Waals surface area contributed by atoms with Crippen molar-refractivity contribution in [2.75, 3.05) is 6.61 Å². The first kappa shape index (κ1) is 19.2. The first-order valence-corrected chi connectivity index (χ1v) is 9.49. The Kier molecular flexibility index (Phi) is 8.77.